The summed E-state index contributed by atoms with van der Waals surface area (Å²) in [5, 5.41) is 3.89. The van der Waals surface area contributed by atoms with Gasteiger partial charge in [-0.15, -0.1) is 0 Å². The largest absolute Gasteiger partial charge is 0.376 e. The maximum absolute atomic E-state index is 13.4. The molecule has 2 aromatic carbocycles. The molecular weight excluding hydrogens is 429 g/mol. The second-order valence-electron chi connectivity index (χ2n) is 8.22. The van der Waals surface area contributed by atoms with Crippen LogP contribution in [-0.2, 0) is 17.0 Å². The number of rotatable bonds is 7. The van der Waals surface area contributed by atoms with E-state index in [1.807, 2.05) is 13.8 Å². The van der Waals surface area contributed by atoms with E-state index in [2.05, 4.69) is 5.32 Å². The van der Waals surface area contributed by atoms with Crippen molar-refractivity contribution in [2.45, 2.75) is 56.3 Å². The molecule has 1 N–H and O–H groups in total. The molecule has 0 radical (unpaired) electrons. The number of ether oxygens (including phenoxy) is 1. The number of halogens is 1. The Kier molecular flexibility index (Phi) is 6.91. The predicted molar refractivity (Wildman–Crippen MR) is 124 cm³/mol. The Labute approximate surface area is 190 Å². The Morgan fingerprint density at radius 3 is 2.75 bits per heavy atom. The molecule has 32 heavy (non-hydrogen) atoms. The van der Waals surface area contributed by atoms with Crippen LogP contribution in [0.15, 0.2) is 52.4 Å². The number of carbonyl (C=O) groups is 1. The molecule has 1 amide bonds. The van der Waals surface area contributed by atoms with Crippen LogP contribution in [0.25, 0.3) is 10.9 Å². The molecule has 6 nitrogen and oxygen atoms in total. The van der Waals surface area contributed by atoms with Gasteiger partial charge < -0.3 is 10.1 Å². The fraction of sp³-hybridized carbons (Fsp3) is 0.375. The lowest BCUT2D eigenvalue weighted by Crippen LogP contribution is -2.31. The highest BCUT2D eigenvalue weighted by molar-refractivity contribution is 7.98. The summed E-state index contributed by atoms with van der Waals surface area (Å²) in [5.74, 6) is 0.0508. The van der Waals surface area contributed by atoms with Crippen molar-refractivity contribution in [2.75, 3.05) is 6.61 Å². The van der Waals surface area contributed by atoms with Crippen molar-refractivity contribution in [2.24, 2.45) is 0 Å². The molecule has 1 fully saturated rings. The van der Waals surface area contributed by atoms with E-state index in [1.54, 1.807) is 34.9 Å². The quantitative estimate of drug-likeness (QED) is 0.428. The summed E-state index contributed by atoms with van der Waals surface area (Å²) in [5.41, 5.74) is 1.73. The molecule has 4 rings (SSSR count). The molecule has 1 aromatic heterocycles. The van der Waals surface area contributed by atoms with Crippen molar-refractivity contribution in [3.05, 3.63) is 69.8 Å². The first-order valence-electron chi connectivity index (χ1n) is 10.7. The highest BCUT2D eigenvalue weighted by Gasteiger charge is 2.21. The van der Waals surface area contributed by atoms with E-state index in [0.717, 1.165) is 18.4 Å². The SMILES string of the molecule is CC(C)NC(=O)c1ccc2c(=O)n(C[C@@H]3CCCO3)c(SCc3ccc(F)cc3)nc2c1. The predicted octanol–water partition coefficient (Wildman–Crippen LogP) is 4.15. The molecular formula is C24H26FN3O3S. The van der Waals surface area contributed by atoms with Crippen LogP contribution in [0.1, 0.15) is 42.6 Å². The highest BCUT2D eigenvalue weighted by atomic mass is 32.2. The minimum atomic E-state index is -0.287. The van der Waals surface area contributed by atoms with Gasteiger partial charge >= 0.3 is 0 Å². The van der Waals surface area contributed by atoms with E-state index in [1.165, 1.54) is 23.9 Å². The Hall–Kier alpha value is -2.71. The number of benzene rings is 2. The lowest BCUT2D eigenvalue weighted by molar-refractivity contribution is 0.0937. The summed E-state index contributed by atoms with van der Waals surface area (Å²) in [4.78, 5) is 30.5. The van der Waals surface area contributed by atoms with Gasteiger partial charge in [-0.2, -0.15) is 0 Å². The lowest BCUT2D eigenvalue weighted by atomic mass is 10.1. The number of nitrogens with one attached hydrogen (secondary N) is 1. The van der Waals surface area contributed by atoms with Crippen LogP contribution in [-0.4, -0.2) is 34.2 Å². The second-order valence-corrected chi connectivity index (χ2v) is 9.16. The zero-order chi connectivity index (χ0) is 22.7. The summed E-state index contributed by atoms with van der Waals surface area (Å²) in [7, 11) is 0. The molecule has 2 heterocycles. The topological polar surface area (TPSA) is 73.2 Å². The van der Waals surface area contributed by atoms with E-state index in [-0.39, 0.29) is 29.4 Å². The average molecular weight is 456 g/mol. The van der Waals surface area contributed by atoms with Crippen molar-refractivity contribution in [1.29, 1.82) is 0 Å². The number of thioether (sulfide) groups is 1. The molecule has 0 aliphatic carbocycles. The summed E-state index contributed by atoms with van der Waals surface area (Å²) in [6.45, 7) is 4.92. The molecule has 0 spiro atoms. The number of aromatic nitrogens is 2. The molecule has 0 bridgehead atoms. The Morgan fingerprint density at radius 1 is 1.28 bits per heavy atom. The molecule has 1 atom stereocenters. The van der Waals surface area contributed by atoms with E-state index in [9.17, 15) is 14.0 Å². The third kappa shape index (κ3) is 5.19. The zero-order valence-electron chi connectivity index (χ0n) is 18.1. The number of fused-ring (bicyclic) bond motifs is 1. The third-order valence-corrected chi connectivity index (χ3v) is 6.34. The van der Waals surface area contributed by atoms with Crippen molar-refractivity contribution in [3.8, 4) is 0 Å². The van der Waals surface area contributed by atoms with Gasteiger partial charge in [-0.3, -0.25) is 14.2 Å². The van der Waals surface area contributed by atoms with E-state index in [0.29, 0.717) is 40.5 Å². The lowest BCUT2D eigenvalue weighted by Gasteiger charge is -2.17. The zero-order valence-corrected chi connectivity index (χ0v) is 19.0. The monoisotopic (exact) mass is 455 g/mol. The van der Waals surface area contributed by atoms with Gasteiger partial charge in [0.25, 0.3) is 11.5 Å². The normalized spacial score (nSPS) is 16.1. The van der Waals surface area contributed by atoms with Gasteiger partial charge in [-0.25, -0.2) is 9.37 Å². The van der Waals surface area contributed by atoms with Crippen molar-refractivity contribution < 1.29 is 13.9 Å². The fourth-order valence-electron chi connectivity index (χ4n) is 3.68. The summed E-state index contributed by atoms with van der Waals surface area (Å²) >= 11 is 1.42. The van der Waals surface area contributed by atoms with Crippen molar-refractivity contribution >= 4 is 28.6 Å². The Balaban J connectivity index is 1.71. The summed E-state index contributed by atoms with van der Waals surface area (Å²) in [6, 6.07) is 11.3. The third-order valence-electron chi connectivity index (χ3n) is 5.29. The molecule has 3 aromatic rings. The van der Waals surface area contributed by atoms with E-state index < -0.39 is 0 Å². The molecule has 1 aliphatic rings. The average Bonchev–Trinajstić information content (AvgIpc) is 3.28. The van der Waals surface area contributed by atoms with Crippen LogP contribution < -0.4 is 10.9 Å². The van der Waals surface area contributed by atoms with Crippen LogP contribution in [0.3, 0.4) is 0 Å². The molecule has 0 unspecified atom stereocenters. The van der Waals surface area contributed by atoms with Gasteiger partial charge in [-0.05, 0) is 62.6 Å². The molecule has 168 valence electrons. The minimum Gasteiger partial charge on any atom is -0.376 e. The fourth-order valence-corrected chi connectivity index (χ4v) is 4.64. The molecule has 8 heteroatoms. The number of carbonyl (C=O) groups excluding carboxylic acids is 1. The summed E-state index contributed by atoms with van der Waals surface area (Å²) < 4.78 is 20.7. The first kappa shape index (κ1) is 22.5. The smallest absolute Gasteiger partial charge is 0.262 e. The van der Waals surface area contributed by atoms with Crippen molar-refractivity contribution in [3.63, 3.8) is 0 Å². The van der Waals surface area contributed by atoms with Crippen LogP contribution in [0, 0.1) is 5.82 Å². The number of amides is 1. The van der Waals surface area contributed by atoms with Crippen LogP contribution in [0.4, 0.5) is 4.39 Å². The second kappa shape index (κ2) is 9.83. The number of nitrogens with zero attached hydrogens (tertiary/aromatic N) is 2. The van der Waals surface area contributed by atoms with Crippen LogP contribution in [0.5, 0.6) is 0 Å². The maximum atomic E-state index is 13.4. The van der Waals surface area contributed by atoms with Crippen molar-refractivity contribution in [1.82, 2.24) is 14.9 Å². The molecule has 1 saturated heterocycles. The van der Waals surface area contributed by atoms with Crippen LogP contribution >= 0.6 is 11.8 Å². The summed E-state index contributed by atoms with van der Waals surface area (Å²) in [6.07, 6.45) is 1.86. The van der Waals surface area contributed by atoms with Crippen LogP contribution in [0.2, 0.25) is 0 Å². The van der Waals surface area contributed by atoms with Gasteiger partial charge in [0.15, 0.2) is 5.16 Å². The van der Waals surface area contributed by atoms with Gasteiger partial charge in [0.2, 0.25) is 0 Å². The van der Waals surface area contributed by atoms with Gasteiger partial charge in [0, 0.05) is 24.0 Å². The van der Waals surface area contributed by atoms with E-state index in [4.69, 9.17) is 9.72 Å². The highest BCUT2D eigenvalue weighted by Crippen LogP contribution is 2.24. The van der Waals surface area contributed by atoms with Gasteiger partial charge in [0.05, 0.1) is 23.6 Å². The standard InChI is InChI=1S/C24H26FN3O3S/c1-15(2)26-22(29)17-7-10-20-21(12-17)27-24(32-14-16-5-8-18(25)9-6-16)28(23(20)30)13-19-4-3-11-31-19/h5-10,12,15,19H,3-4,11,13-14H2,1-2H3,(H,26,29)/t19-/m0/s1. The number of hydrogen-bond donors (Lipinski definition) is 1. The first-order valence-corrected chi connectivity index (χ1v) is 11.7. The van der Waals surface area contributed by atoms with E-state index >= 15 is 0 Å². The minimum absolute atomic E-state index is 0.00685. The number of hydrogen-bond acceptors (Lipinski definition) is 5. The first-order chi connectivity index (χ1) is 15.4. The Bertz CT molecular complexity index is 1170. The van der Waals surface area contributed by atoms with Gasteiger partial charge in [-0.1, -0.05) is 23.9 Å². The maximum Gasteiger partial charge on any atom is 0.262 e. The Morgan fingerprint density at radius 2 is 2.06 bits per heavy atom. The van der Waals surface area contributed by atoms with Gasteiger partial charge in [0.1, 0.15) is 5.82 Å². The molecule has 0 saturated carbocycles. The molecule has 1 aliphatic heterocycles.